The normalized spacial score (nSPS) is 27.1. The van der Waals surface area contributed by atoms with E-state index in [-0.39, 0.29) is 0 Å². The highest BCUT2D eigenvalue weighted by Gasteiger charge is 2.34. The van der Waals surface area contributed by atoms with Gasteiger partial charge in [0.05, 0.1) is 0 Å². The summed E-state index contributed by atoms with van der Waals surface area (Å²) < 4.78 is 0. The minimum absolute atomic E-state index is 0.498. The number of benzene rings is 1. The van der Waals surface area contributed by atoms with Crippen molar-refractivity contribution in [2.24, 2.45) is 5.41 Å². The van der Waals surface area contributed by atoms with Crippen LogP contribution >= 0.6 is 11.8 Å². The third-order valence-electron chi connectivity index (χ3n) is 3.83. The van der Waals surface area contributed by atoms with Crippen LogP contribution in [0, 0.1) is 5.41 Å². The van der Waals surface area contributed by atoms with E-state index in [0.717, 1.165) is 6.54 Å². The van der Waals surface area contributed by atoms with Gasteiger partial charge in [-0.2, -0.15) is 0 Å². The molecule has 0 saturated heterocycles. The molecule has 18 heavy (non-hydrogen) atoms. The first-order chi connectivity index (χ1) is 8.61. The molecule has 0 amide bonds. The van der Waals surface area contributed by atoms with E-state index in [1.807, 2.05) is 0 Å². The fraction of sp³-hybridized carbons (Fsp3) is 0.625. The molecule has 0 aliphatic heterocycles. The van der Waals surface area contributed by atoms with E-state index in [4.69, 9.17) is 0 Å². The van der Waals surface area contributed by atoms with E-state index < -0.39 is 0 Å². The maximum Gasteiger partial charge on any atom is 0.0253 e. The highest BCUT2D eigenvalue weighted by atomic mass is 32.2. The van der Waals surface area contributed by atoms with Crippen LogP contribution in [0.1, 0.15) is 40.0 Å². The lowest BCUT2D eigenvalue weighted by molar-refractivity contribution is 0.215. The van der Waals surface area contributed by atoms with Gasteiger partial charge in [-0.05, 0) is 43.4 Å². The van der Waals surface area contributed by atoms with Crippen LogP contribution in [0.3, 0.4) is 0 Å². The molecule has 1 saturated carbocycles. The first kappa shape index (κ1) is 14.0. The molecule has 2 rings (SSSR count). The quantitative estimate of drug-likeness (QED) is 0.867. The zero-order chi connectivity index (χ0) is 13.0. The summed E-state index contributed by atoms with van der Waals surface area (Å²) in [5.74, 6) is 0. The van der Waals surface area contributed by atoms with Crippen molar-refractivity contribution in [3.05, 3.63) is 30.3 Å². The van der Waals surface area contributed by atoms with Crippen molar-refractivity contribution in [3.63, 3.8) is 0 Å². The largest absolute Gasteiger partial charge is 0.313 e. The zero-order valence-corrected chi connectivity index (χ0v) is 12.6. The monoisotopic (exact) mass is 263 g/mol. The van der Waals surface area contributed by atoms with Crippen molar-refractivity contribution >= 4 is 11.8 Å². The number of hydrogen-bond donors (Lipinski definition) is 1. The summed E-state index contributed by atoms with van der Waals surface area (Å²) in [6.45, 7) is 8.11. The third kappa shape index (κ3) is 3.76. The molecule has 1 nitrogen and oxygen atoms in total. The van der Waals surface area contributed by atoms with Gasteiger partial charge in [0.1, 0.15) is 0 Å². The maximum atomic E-state index is 3.67. The van der Waals surface area contributed by atoms with Gasteiger partial charge in [0.15, 0.2) is 0 Å². The minimum atomic E-state index is 0.498. The Labute approximate surface area is 116 Å². The lowest BCUT2D eigenvalue weighted by atomic mass is 9.75. The molecule has 0 bridgehead atoms. The van der Waals surface area contributed by atoms with Crippen LogP contribution < -0.4 is 5.32 Å². The maximum absolute atomic E-state index is 3.67. The Balaban J connectivity index is 2.05. The molecule has 0 heterocycles. The van der Waals surface area contributed by atoms with E-state index in [1.54, 1.807) is 0 Å². The lowest BCUT2D eigenvalue weighted by Gasteiger charge is -2.40. The van der Waals surface area contributed by atoms with Gasteiger partial charge >= 0.3 is 0 Å². The third-order valence-corrected chi connectivity index (χ3v) is 5.17. The molecule has 2 unspecified atom stereocenters. The van der Waals surface area contributed by atoms with E-state index in [2.05, 4.69) is 68.2 Å². The van der Waals surface area contributed by atoms with Gasteiger partial charge in [0.25, 0.3) is 0 Å². The average molecular weight is 263 g/mol. The van der Waals surface area contributed by atoms with Crippen LogP contribution in [0.25, 0.3) is 0 Å². The first-order valence-electron chi connectivity index (χ1n) is 7.06. The van der Waals surface area contributed by atoms with Crippen LogP contribution in [0.15, 0.2) is 35.2 Å². The molecule has 0 aromatic heterocycles. The Morgan fingerprint density at radius 3 is 2.67 bits per heavy atom. The van der Waals surface area contributed by atoms with E-state index >= 15 is 0 Å². The summed E-state index contributed by atoms with van der Waals surface area (Å²) in [5.41, 5.74) is 0.498. The highest BCUT2D eigenvalue weighted by molar-refractivity contribution is 8.00. The number of thioether (sulfide) groups is 1. The average Bonchev–Trinajstić information content (AvgIpc) is 2.34. The number of nitrogens with one attached hydrogen (secondary N) is 1. The lowest BCUT2D eigenvalue weighted by Crippen LogP contribution is -2.44. The summed E-state index contributed by atoms with van der Waals surface area (Å²) >= 11 is 2.05. The smallest absolute Gasteiger partial charge is 0.0253 e. The first-order valence-corrected chi connectivity index (χ1v) is 7.94. The Morgan fingerprint density at radius 1 is 1.28 bits per heavy atom. The summed E-state index contributed by atoms with van der Waals surface area (Å²) in [6, 6.07) is 11.5. The Morgan fingerprint density at radius 2 is 2.00 bits per heavy atom. The minimum Gasteiger partial charge on any atom is -0.313 e. The zero-order valence-electron chi connectivity index (χ0n) is 11.8. The molecular formula is C16H25NS. The van der Waals surface area contributed by atoms with Crippen LogP contribution in [0.5, 0.6) is 0 Å². The predicted molar refractivity (Wildman–Crippen MR) is 81.2 cm³/mol. The van der Waals surface area contributed by atoms with Gasteiger partial charge in [0.2, 0.25) is 0 Å². The standard InChI is InChI=1S/C16H25NS/c1-4-17-14-10-11-16(2,3)12-15(14)18-13-8-6-5-7-9-13/h5-9,14-15,17H,4,10-12H2,1-3H3. The van der Waals surface area contributed by atoms with Gasteiger partial charge in [-0.1, -0.05) is 39.0 Å². The van der Waals surface area contributed by atoms with Crippen LogP contribution in [-0.2, 0) is 0 Å². The second-order valence-electron chi connectivity index (χ2n) is 6.04. The number of hydrogen-bond acceptors (Lipinski definition) is 2. The molecule has 2 heteroatoms. The van der Waals surface area contributed by atoms with Crippen molar-refractivity contribution in [1.29, 1.82) is 0 Å². The molecule has 0 radical (unpaired) electrons. The predicted octanol–water partition coefficient (Wildman–Crippen LogP) is 4.34. The van der Waals surface area contributed by atoms with Crippen LogP contribution in [0.2, 0.25) is 0 Å². The topological polar surface area (TPSA) is 12.0 Å². The molecule has 1 aliphatic rings. The van der Waals surface area contributed by atoms with Crippen molar-refractivity contribution in [2.75, 3.05) is 6.54 Å². The van der Waals surface area contributed by atoms with E-state index in [9.17, 15) is 0 Å². The molecule has 100 valence electrons. The van der Waals surface area contributed by atoms with E-state index in [0.29, 0.717) is 16.7 Å². The molecule has 2 atom stereocenters. The number of rotatable bonds is 4. The Hall–Kier alpha value is -0.470. The molecule has 1 aromatic carbocycles. The Bertz CT molecular complexity index is 361. The van der Waals surface area contributed by atoms with Gasteiger partial charge in [-0.3, -0.25) is 0 Å². The van der Waals surface area contributed by atoms with Crippen molar-refractivity contribution < 1.29 is 0 Å². The fourth-order valence-electron chi connectivity index (χ4n) is 2.81. The van der Waals surface area contributed by atoms with Gasteiger partial charge < -0.3 is 5.32 Å². The van der Waals surface area contributed by atoms with Gasteiger partial charge in [-0.25, -0.2) is 0 Å². The van der Waals surface area contributed by atoms with Gasteiger partial charge in [0, 0.05) is 16.2 Å². The molecule has 1 aliphatic carbocycles. The molecule has 0 spiro atoms. The summed E-state index contributed by atoms with van der Waals surface area (Å²) in [7, 11) is 0. The second kappa shape index (κ2) is 6.12. The van der Waals surface area contributed by atoms with Crippen LogP contribution in [0.4, 0.5) is 0 Å². The molecule has 1 aromatic rings. The summed E-state index contributed by atoms with van der Waals surface area (Å²) in [6.07, 6.45) is 3.96. The summed E-state index contributed by atoms with van der Waals surface area (Å²) in [4.78, 5) is 1.41. The van der Waals surface area contributed by atoms with E-state index in [1.165, 1.54) is 24.2 Å². The van der Waals surface area contributed by atoms with Crippen molar-refractivity contribution in [1.82, 2.24) is 5.32 Å². The molecule has 1 fully saturated rings. The molecule has 1 N–H and O–H groups in total. The SMILES string of the molecule is CCNC1CCC(C)(C)CC1Sc1ccccc1. The fourth-order valence-corrected chi connectivity index (χ4v) is 4.41. The summed E-state index contributed by atoms with van der Waals surface area (Å²) in [5, 5.41) is 4.38. The Kier molecular flexibility index (Phi) is 4.74. The van der Waals surface area contributed by atoms with Gasteiger partial charge in [-0.15, -0.1) is 11.8 Å². The van der Waals surface area contributed by atoms with Crippen molar-refractivity contribution in [2.45, 2.75) is 56.2 Å². The second-order valence-corrected chi connectivity index (χ2v) is 7.35. The molecular weight excluding hydrogens is 238 g/mol. The van der Waals surface area contributed by atoms with Crippen molar-refractivity contribution in [3.8, 4) is 0 Å². The highest BCUT2D eigenvalue weighted by Crippen LogP contribution is 2.42. The van der Waals surface area contributed by atoms with Crippen LogP contribution in [-0.4, -0.2) is 17.8 Å².